The van der Waals surface area contributed by atoms with E-state index in [1.54, 1.807) is 59.3 Å². The van der Waals surface area contributed by atoms with Crippen molar-refractivity contribution in [1.82, 2.24) is 14.8 Å². The van der Waals surface area contributed by atoms with Crippen LogP contribution in [0.3, 0.4) is 0 Å². The van der Waals surface area contributed by atoms with E-state index in [1.165, 1.54) is 39.8 Å². The molecular formula is C33H32F2N4O4. The highest BCUT2D eigenvalue weighted by Crippen LogP contribution is 2.28. The number of pyridine rings is 1. The fourth-order valence-corrected chi connectivity index (χ4v) is 4.65. The lowest BCUT2D eigenvalue weighted by Gasteiger charge is -2.20. The molecule has 10 heteroatoms. The Morgan fingerprint density at radius 3 is 2.26 bits per heavy atom. The van der Waals surface area contributed by atoms with Gasteiger partial charge in [0, 0.05) is 36.3 Å². The molecule has 222 valence electrons. The number of likely N-dealkylation sites (N-methyl/N-ethyl adjacent to an activating group) is 1. The van der Waals surface area contributed by atoms with Crippen LogP contribution >= 0.6 is 0 Å². The van der Waals surface area contributed by atoms with Gasteiger partial charge in [0.2, 0.25) is 5.91 Å². The summed E-state index contributed by atoms with van der Waals surface area (Å²) in [5.74, 6) is -2.36. The van der Waals surface area contributed by atoms with Crippen molar-refractivity contribution in [2.24, 2.45) is 0 Å². The minimum Gasteiger partial charge on any atom is -0.345 e. The Hall–Kier alpha value is -4.96. The molecule has 4 aromatic rings. The molecule has 0 aliphatic carbocycles. The highest BCUT2D eigenvalue weighted by atomic mass is 19.1. The second-order valence-corrected chi connectivity index (χ2v) is 10.4. The summed E-state index contributed by atoms with van der Waals surface area (Å²) in [6.45, 7) is 3.25. The van der Waals surface area contributed by atoms with Gasteiger partial charge < -0.3 is 20.1 Å². The number of amides is 2. The average Bonchev–Trinajstić information content (AvgIpc) is 2.98. The summed E-state index contributed by atoms with van der Waals surface area (Å²) in [5, 5.41) is 5.46. The first-order valence-electron chi connectivity index (χ1n) is 13.5. The van der Waals surface area contributed by atoms with E-state index in [0.29, 0.717) is 27.9 Å². The minimum absolute atomic E-state index is 0.00745. The lowest BCUT2D eigenvalue weighted by molar-refractivity contribution is -0.117. The van der Waals surface area contributed by atoms with Crippen LogP contribution in [-0.2, 0) is 11.3 Å². The molecule has 43 heavy (non-hydrogen) atoms. The summed E-state index contributed by atoms with van der Waals surface area (Å²) in [6.07, 6.45) is 0. The summed E-state index contributed by atoms with van der Waals surface area (Å²) in [6, 6.07) is 16.4. The first kappa shape index (κ1) is 31.0. The highest BCUT2D eigenvalue weighted by molar-refractivity contribution is 6.09. The van der Waals surface area contributed by atoms with E-state index in [-0.39, 0.29) is 29.3 Å². The molecule has 0 fully saturated rings. The highest BCUT2D eigenvalue weighted by Gasteiger charge is 2.20. The Kier molecular flexibility index (Phi) is 9.30. The summed E-state index contributed by atoms with van der Waals surface area (Å²) >= 11 is 0. The summed E-state index contributed by atoms with van der Waals surface area (Å²) in [5.41, 5.74) is 2.04. The maximum atomic E-state index is 14.8. The van der Waals surface area contributed by atoms with Gasteiger partial charge in [-0.25, -0.2) is 8.78 Å². The van der Waals surface area contributed by atoms with Crippen molar-refractivity contribution in [2.75, 3.05) is 26.5 Å². The van der Waals surface area contributed by atoms with Crippen molar-refractivity contribution in [3.05, 3.63) is 123 Å². The van der Waals surface area contributed by atoms with Gasteiger partial charge in [0.15, 0.2) is 5.78 Å². The first-order chi connectivity index (χ1) is 20.4. The molecule has 1 unspecified atom stereocenters. The smallest absolute Gasteiger partial charge is 0.275 e. The summed E-state index contributed by atoms with van der Waals surface area (Å²) < 4.78 is 29.6. The topological polar surface area (TPSA) is 101 Å². The van der Waals surface area contributed by atoms with Crippen molar-refractivity contribution in [3.8, 4) is 11.3 Å². The molecule has 0 bridgehead atoms. The molecule has 0 aliphatic heterocycles. The van der Waals surface area contributed by atoms with Gasteiger partial charge in [0.05, 0.1) is 18.3 Å². The number of ketones is 1. The van der Waals surface area contributed by atoms with Gasteiger partial charge in [-0.2, -0.15) is 0 Å². The second kappa shape index (κ2) is 12.9. The molecule has 4 rings (SSSR count). The van der Waals surface area contributed by atoms with Crippen LogP contribution in [-0.4, -0.2) is 54.2 Å². The van der Waals surface area contributed by atoms with E-state index in [9.17, 15) is 28.0 Å². The lowest BCUT2D eigenvalue weighted by Crippen LogP contribution is -2.37. The summed E-state index contributed by atoms with van der Waals surface area (Å²) in [4.78, 5) is 53.9. The number of nitrogens with zero attached hydrogens (tertiary/aromatic N) is 2. The van der Waals surface area contributed by atoms with E-state index < -0.39 is 34.9 Å². The van der Waals surface area contributed by atoms with Crippen molar-refractivity contribution < 1.29 is 23.2 Å². The molecule has 0 spiro atoms. The van der Waals surface area contributed by atoms with E-state index in [2.05, 4.69) is 10.6 Å². The van der Waals surface area contributed by atoms with Crippen LogP contribution < -0.4 is 16.2 Å². The molecule has 0 radical (unpaired) electrons. The molecule has 0 saturated carbocycles. The van der Waals surface area contributed by atoms with Gasteiger partial charge in [-0.3, -0.25) is 19.2 Å². The maximum Gasteiger partial charge on any atom is 0.275 e. The van der Waals surface area contributed by atoms with Crippen LogP contribution in [0.1, 0.15) is 44.3 Å². The largest absolute Gasteiger partial charge is 0.345 e. The van der Waals surface area contributed by atoms with E-state index in [0.717, 1.165) is 18.2 Å². The third-order valence-electron chi connectivity index (χ3n) is 7.17. The molecule has 8 nitrogen and oxygen atoms in total. The number of aromatic nitrogens is 1. The Morgan fingerprint density at radius 2 is 1.60 bits per heavy atom. The predicted molar refractivity (Wildman–Crippen MR) is 161 cm³/mol. The Bertz CT molecular complexity index is 1760. The number of hydrogen-bond donors (Lipinski definition) is 2. The van der Waals surface area contributed by atoms with Crippen LogP contribution in [0.15, 0.2) is 77.6 Å². The average molecular weight is 587 g/mol. The zero-order chi connectivity index (χ0) is 31.4. The van der Waals surface area contributed by atoms with Crippen molar-refractivity contribution in [1.29, 1.82) is 0 Å². The fraction of sp³-hybridized carbons (Fsp3) is 0.212. The molecule has 0 saturated heterocycles. The quantitative estimate of drug-likeness (QED) is 0.279. The first-order valence-corrected chi connectivity index (χ1v) is 13.5. The second-order valence-electron chi connectivity index (χ2n) is 10.4. The van der Waals surface area contributed by atoms with E-state index >= 15 is 0 Å². The maximum absolute atomic E-state index is 14.8. The van der Waals surface area contributed by atoms with Crippen LogP contribution in [0.4, 0.5) is 14.5 Å². The van der Waals surface area contributed by atoms with E-state index in [1.807, 2.05) is 0 Å². The Balaban J connectivity index is 1.86. The van der Waals surface area contributed by atoms with Gasteiger partial charge >= 0.3 is 0 Å². The minimum atomic E-state index is -0.695. The molecule has 2 N–H and O–H groups in total. The normalized spacial score (nSPS) is 11.6. The molecule has 1 atom stereocenters. The third-order valence-corrected chi connectivity index (χ3v) is 7.17. The fourth-order valence-electron chi connectivity index (χ4n) is 4.65. The van der Waals surface area contributed by atoms with Crippen molar-refractivity contribution in [3.63, 3.8) is 0 Å². The lowest BCUT2D eigenvalue weighted by atomic mass is 9.97. The van der Waals surface area contributed by atoms with Crippen molar-refractivity contribution >= 4 is 23.3 Å². The van der Waals surface area contributed by atoms with Gasteiger partial charge in [-0.15, -0.1) is 0 Å². The van der Waals surface area contributed by atoms with Crippen LogP contribution in [0, 0.1) is 18.6 Å². The third kappa shape index (κ3) is 6.76. The monoisotopic (exact) mass is 586 g/mol. The Labute approximate surface area is 248 Å². The molecule has 0 aliphatic rings. The van der Waals surface area contributed by atoms with Crippen LogP contribution in [0.25, 0.3) is 11.3 Å². The number of carbonyl (C=O) groups excluding carboxylic acids is 3. The Morgan fingerprint density at radius 1 is 0.907 bits per heavy atom. The summed E-state index contributed by atoms with van der Waals surface area (Å²) in [7, 11) is 4.90. The van der Waals surface area contributed by atoms with Crippen LogP contribution in [0.2, 0.25) is 0 Å². The molecule has 1 aromatic heterocycles. The number of halogens is 2. The zero-order valence-corrected chi connectivity index (χ0v) is 24.5. The SMILES string of the molecule is CNC(C)C(=O)Nc1ccc(-c2cccc(C(=O)N(C)C)c2C)n(Cc2cc(F)cc(C(=O)c3ccc(F)cc3)c2)c1=O. The van der Waals surface area contributed by atoms with Gasteiger partial charge in [0.1, 0.15) is 17.3 Å². The van der Waals surface area contributed by atoms with Crippen LogP contribution in [0.5, 0.6) is 0 Å². The number of benzene rings is 3. The zero-order valence-electron chi connectivity index (χ0n) is 24.5. The van der Waals surface area contributed by atoms with Gasteiger partial charge in [0.25, 0.3) is 11.5 Å². The molecular weight excluding hydrogens is 554 g/mol. The molecule has 2 amide bonds. The molecule has 3 aromatic carbocycles. The standard InChI is InChI=1S/C33H32F2N4O4/c1-19-26(7-6-8-27(19)32(42)38(4)5)29-14-13-28(37-31(41)20(2)36-3)33(43)39(29)18-21-15-23(17-25(35)16-21)30(40)22-9-11-24(34)12-10-22/h6-17,20,36H,18H2,1-5H3,(H,37,41). The van der Waals surface area contributed by atoms with E-state index in [4.69, 9.17) is 0 Å². The number of carbonyl (C=O) groups is 3. The van der Waals surface area contributed by atoms with Gasteiger partial charge in [-0.05, 0) is 92.7 Å². The number of hydrogen-bond acceptors (Lipinski definition) is 5. The predicted octanol–water partition coefficient (Wildman–Crippen LogP) is 4.63. The molecule has 1 heterocycles. The number of rotatable bonds is 9. The van der Waals surface area contributed by atoms with Gasteiger partial charge in [-0.1, -0.05) is 12.1 Å². The van der Waals surface area contributed by atoms with Crippen molar-refractivity contribution in [2.45, 2.75) is 26.4 Å². The number of nitrogens with one attached hydrogen (secondary N) is 2. The number of anilines is 1.